The van der Waals surface area contributed by atoms with E-state index < -0.39 is 3.79 Å². The van der Waals surface area contributed by atoms with Crippen LogP contribution in [0.4, 0.5) is 0 Å². The van der Waals surface area contributed by atoms with Crippen molar-refractivity contribution in [2.75, 3.05) is 0 Å². The van der Waals surface area contributed by atoms with Gasteiger partial charge in [-0.05, 0) is 30.1 Å². The summed E-state index contributed by atoms with van der Waals surface area (Å²) in [4.78, 5) is 0.633. The normalized spacial score (nSPS) is 61.0. The lowest BCUT2D eigenvalue weighted by molar-refractivity contribution is 0.425. The first-order chi connectivity index (χ1) is 5.52. The molecule has 0 spiro atoms. The van der Waals surface area contributed by atoms with Gasteiger partial charge in [-0.3, -0.25) is 0 Å². The molecule has 0 aromatic rings. The Morgan fingerprint density at radius 3 is 1.92 bits per heavy atom. The first kappa shape index (κ1) is 8.64. The van der Waals surface area contributed by atoms with E-state index in [-0.39, 0.29) is 0 Å². The quantitative estimate of drug-likeness (QED) is 0.598. The van der Waals surface area contributed by atoms with Gasteiger partial charge in [0, 0.05) is 10.7 Å². The highest BCUT2D eigenvalue weighted by atomic mass is 79.9. The van der Waals surface area contributed by atoms with Crippen LogP contribution in [0.2, 0.25) is 0 Å². The van der Waals surface area contributed by atoms with Gasteiger partial charge in [-0.15, -0.1) is 0 Å². The minimum absolute atomic E-state index is 0.321. The zero-order valence-electron chi connectivity index (χ0n) is 6.18. The fourth-order valence-electron chi connectivity index (χ4n) is 3.52. The average Bonchev–Trinajstić information content (AvgIpc) is 2.33. The second kappa shape index (κ2) is 2.29. The van der Waals surface area contributed by atoms with Crippen molar-refractivity contribution in [3.8, 4) is 0 Å². The zero-order chi connectivity index (χ0) is 8.67. The van der Waals surface area contributed by atoms with Crippen molar-refractivity contribution >= 4 is 50.7 Å². The average molecular weight is 290 g/mol. The lowest BCUT2D eigenvalue weighted by atomic mass is 10.0. The molecule has 0 saturated heterocycles. The van der Waals surface area contributed by atoms with E-state index in [9.17, 15) is 0 Å². The molecule has 0 N–H and O–H groups in total. The minimum Gasteiger partial charge on any atom is -0.0884 e. The number of hydrogen-bond donors (Lipinski definition) is 0. The fourth-order valence-corrected chi connectivity index (χ4v) is 5.73. The van der Waals surface area contributed by atoms with Gasteiger partial charge in [0.25, 0.3) is 0 Å². The van der Waals surface area contributed by atoms with Gasteiger partial charge < -0.3 is 0 Å². The Bertz CT molecular complexity index is 237. The Labute approximate surface area is 95.1 Å². The summed E-state index contributed by atoms with van der Waals surface area (Å²) in [5, 5.41) is 0. The lowest BCUT2D eigenvalue weighted by Crippen LogP contribution is -2.24. The molecule has 0 heterocycles. The van der Waals surface area contributed by atoms with E-state index in [1.54, 1.807) is 0 Å². The molecule has 0 amide bonds. The molecule has 4 fully saturated rings. The van der Waals surface area contributed by atoms with Gasteiger partial charge in [0.2, 0.25) is 0 Å². The smallest absolute Gasteiger partial charge is 0.0884 e. The third-order valence-electron chi connectivity index (χ3n) is 3.87. The van der Waals surface area contributed by atoms with Crippen molar-refractivity contribution < 1.29 is 0 Å². The second-order valence-corrected chi connectivity index (χ2v) is 7.66. The maximum Gasteiger partial charge on any atom is 0.193 e. The van der Waals surface area contributed by atoms with E-state index in [1.807, 2.05) is 0 Å². The molecule has 0 aromatic heterocycles. The van der Waals surface area contributed by atoms with Crippen molar-refractivity contribution in [2.45, 2.75) is 15.0 Å². The molecule has 68 valence electrons. The predicted molar refractivity (Wildman–Crippen MR) is 55.1 cm³/mol. The largest absolute Gasteiger partial charge is 0.193 e. The summed E-state index contributed by atoms with van der Waals surface area (Å²) in [5.74, 6) is 3.36. The minimum atomic E-state index is -1.03. The van der Waals surface area contributed by atoms with Gasteiger partial charge in [-0.2, -0.15) is 0 Å². The molecular weight excluding hydrogens is 282 g/mol. The molecule has 4 bridgehead atoms. The van der Waals surface area contributed by atoms with E-state index in [0.717, 1.165) is 11.8 Å². The van der Waals surface area contributed by atoms with Crippen molar-refractivity contribution in [3.63, 3.8) is 0 Å². The Morgan fingerprint density at radius 2 is 1.75 bits per heavy atom. The van der Waals surface area contributed by atoms with Crippen LogP contribution in [0.25, 0.3) is 0 Å². The van der Waals surface area contributed by atoms with Gasteiger partial charge in [0.15, 0.2) is 3.79 Å². The molecule has 4 heteroatoms. The zero-order valence-corrected chi connectivity index (χ0v) is 10.0. The van der Waals surface area contributed by atoms with Crippen molar-refractivity contribution in [1.29, 1.82) is 0 Å². The Morgan fingerprint density at radius 1 is 1.08 bits per heavy atom. The Kier molecular flexibility index (Phi) is 1.65. The van der Waals surface area contributed by atoms with E-state index in [2.05, 4.69) is 15.9 Å². The number of alkyl halides is 4. The lowest BCUT2D eigenvalue weighted by Gasteiger charge is -2.24. The topological polar surface area (TPSA) is 0 Å². The second-order valence-electron chi connectivity index (χ2n) is 4.23. The SMILES string of the molecule is ClC(Cl)(Cl)[C@@H]1C2C3[C@H]2C[C@H]1[C@@H]3Br. The monoisotopic (exact) mass is 288 g/mol. The van der Waals surface area contributed by atoms with Crippen LogP contribution in [0.5, 0.6) is 0 Å². The van der Waals surface area contributed by atoms with Crippen LogP contribution in [-0.2, 0) is 0 Å². The maximum absolute atomic E-state index is 5.96. The van der Waals surface area contributed by atoms with Gasteiger partial charge in [-0.25, -0.2) is 0 Å². The summed E-state index contributed by atoms with van der Waals surface area (Å²) in [6.45, 7) is 0. The Balaban J connectivity index is 1.94. The van der Waals surface area contributed by atoms with Gasteiger partial charge in [-0.1, -0.05) is 50.7 Å². The summed E-state index contributed by atoms with van der Waals surface area (Å²) < 4.78 is -1.03. The van der Waals surface area contributed by atoms with Crippen LogP contribution in [0.3, 0.4) is 0 Å². The van der Waals surface area contributed by atoms with Crippen LogP contribution >= 0.6 is 50.7 Å². The standard InChI is InChI=1S/C8H8BrCl3/c9-7-3-1-2-4(5(2)7)6(3)8(10,11)12/h2-7H,1H2/t2-,3+,4?,5?,6-,7-/m0/s1. The summed E-state index contributed by atoms with van der Waals surface area (Å²) in [6, 6.07) is 0. The molecule has 0 nitrogen and oxygen atoms in total. The highest BCUT2D eigenvalue weighted by Crippen LogP contribution is 2.78. The summed E-state index contributed by atoms with van der Waals surface area (Å²) in [6.07, 6.45) is 1.28. The van der Waals surface area contributed by atoms with E-state index in [4.69, 9.17) is 34.8 Å². The maximum atomic E-state index is 5.96. The molecule has 4 rings (SSSR count). The third-order valence-corrected chi connectivity index (χ3v) is 5.91. The predicted octanol–water partition coefficient (Wildman–Crippen LogP) is 3.63. The molecule has 0 radical (unpaired) electrons. The van der Waals surface area contributed by atoms with Gasteiger partial charge in [0.05, 0.1) is 0 Å². The molecule has 4 aliphatic rings. The highest BCUT2D eigenvalue weighted by molar-refractivity contribution is 9.09. The molecule has 0 aromatic carbocycles. The van der Waals surface area contributed by atoms with Crippen LogP contribution in [-0.4, -0.2) is 8.62 Å². The highest BCUT2D eigenvalue weighted by Gasteiger charge is 2.75. The van der Waals surface area contributed by atoms with Crippen LogP contribution in [0.15, 0.2) is 0 Å². The molecule has 2 unspecified atom stereocenters. The van der Waals surface area contributed by atoms with Crippen LogP contribution < -0.4 is 0 Å². The summed E-state index contributed by atoms with van der Waals surface area (Å²) >= 11 is 21.6. The molecule has 12 heavy (non-hydrogen) atoms. The molecule has 6 atom stereocenters. The number of rotatable bonds is 0. The number of hydrogen-bond acceptors (Lipinski definition) is 0. The summed E-state index contributed by atoms with van der Waals surface area (Å²) in [7, 11) is 0. The van der Waals surface area contributed by atoms with Gasteiger partial charge >= 0.3 is 0 Å². The molecular formula is C8H8BrCl3. The first-order valence-corrected chi connectivity index (χ1v) is 6.27. The van der Waals surface area contributed by atoms with Crippen LogP contribution in [0, 0.1) is 29.6 Å². The van der Waals surface area contributed by atoms with E-state index >= 15 is 0 Å². The molecule has 4 saturated carbocycles. The van der Waals surface area contributed by atoms with E-state index in [0.29, 0.717) is 22.6 Å². The first-order valence-electron chi connectivity index (χ1n) is 4.22. The van der Waals surface area contributed by atoms with Crippen LogP contribution in [0.1, 0.15) is 6.42 Å². The molecule has 4 aliphatic carbocycles. The molecule has 0 aliphatic heterocycles. The van der Waals surface area contributed by atoms with E-state index in [1.165, 1.54) is 6.42 Å². The van der Waals surface area contributed by atoms with Crippen molar-refractivity contribution in [3.05, 3.63) is 0 Å². The van der Waals surface area contributed by atoms with Crippen molar-refractivity contribution in [1.82, 2.24) is 0 Å². The number of halogens is 4. The Hall–Kier alpha value is 1.35. The fraction of sp³-hybridized carbons (Fsp3) is 1.00. The van der Waals surface area contributed by atoms with Crippen molar-refractivity contribution in [2.24, 2.45) is 29.6 Å². The third kappa shape index (κ3) is 0.872. The van der Waals surface area contributed by atoms with Gasteiger partial charge in [0.1, 0.15) is 0 Å². The summed E-state index contributed by atoms with van der Waals surface area (Å²) in [5.41, 5.74) is 0.